The summed E-state index contributed by atoms with van der Waals surface area (Å²) < 4.78 is 0. The van der Waals surface area contributed by atoms with Crippen LogP contribution in [0.25, 0.3) is 184 Å². The Bertz CT molecular complexity index is 6370. The zero-order valence-electron chi connectivity index (χ0n) is 59.3. The van der Waals surface area contributed by atoms with E-state index < -0.39 is 0 Å². The van der Waals surface area contributed by atoms with Crippen LogP contribution in [0.1, 0.15) is 0 Å². The molecule has 110 heavy (non-hydrogen) atoms. The van der Waals surface area contributed by atoms with E-state index in [2.05, 4.69) is 160 Å². The monoisotopic (exact) mass is 1410 g/mol. The second-order valence-corrected chi connectivity index (χ2v) is 26.0. The van der Waals surface area contributed by atoms with Crippen LogP contribution in [-0.4, -0.2) is 54.8 Å². The first kappa shape index (κ1) is 67.8. The molecule has 5 heterocycles. The van der Waals surface area contributed by atoms with Gasteiger partial charge in [0.25, 0.3) is 0 Å². The Morgan fingerprint density at radius 2 is 0.527 bits per heavy atom. The lowest BCUT2D eigenvalue weighted by Gasteiger charge is -2.11. The van der Waals surface area contributed by atoms with Gasteiger partial charge in [0.15, 0.2) is 58.1 Å². The molecule has 14 aromatic carbocycles. The van der Waals surface area contributed by atoms with Crippen LogP contribution in [0.3, 0.4) is 0 Å². The number of pyridine rings is 2. The third kappa shape index (κ3) is 15.0. The van der Waals surface area contributed by atoms with Gasteiger partial charge in [-0.15, -0.1) is 0 Å². The minimum Gasteiger partial charge on any atom is -0.256 e. The minimum atomic E-state index is 0.627. The van der Waals surface area contributed by atoms with Crippen molar-refractivity contribution in [1.82, 2.24) is 54.8 Å². The number of hydrogen-bond acceptors (Lipinski definition) is 11. The van der Waals surface area contributed by atoms with Crippen LogP contribution in [0, 0.1) is 6.57 Å². The van der Waals surface area contributed by atoms with Gasteiger partial charge < -0.3 is 0 Å². The van der Waals surface area contributed by atoms with Crippen molar-refractivity contribution < 1.29 is 0 Å². The molecule has 0 bridgehead atoms. The van der Waals surface area contributed by atoms with Gasteiger partial charge in [-0.05, 0) is 79.7 Å². The zero-order chi connectivity index (χ0) is 73.8. The van der Waals surface area contributed by atoms with Crippen LogP contribution < -0.4 is 0 Å². The summed E-state index contributed by atoms with van der Waals surface area (Å²) in [6.07, 6.45) is 3.64. The summed E-state index contributed by atoms with van der Waals surface area (Å²) >= 11 is 0. The summed E-state index contributed by atoms with van der Waals surface area (Å²) in [7, 11) is 0. The maximum atomic E-state index is 7.49. The van der Waals surface area contributed by atoms with Gasteiger partial charge in [0, 0.05) is 79.0 Å². The number of para-hydroxylation sites is 1. The van der Waals surface area contributed by atoms with Crippen LogP contribution in [-0.2, 0) is 0 Å². The first-order valence-corrected chi connectivity index (χ1v) is 36.1. The molecule has 0 N–H and O–H groups in total. The number of nitrogens with zero attached hydrogens (tertiary/aromatic N) is 12. The summed E-state index contributed by atoms with van der Waals surface area (Å²) in [5, 5.41) is 5.60. The molecule has 0 aliphatic rings. The average molecular weight is 1410 g/mol. The fourth-order valence-corrected chi connectivity index (χ4v) is 13.3. The van der Waals surface area contributed by atoms with Crippen LogP contribution >= 0.6 is 0 Å². The molecule has 0 saturated carbocycles. The van der Waals surface area contributed by atoms with Gasteiger partial charge in [-0.1, -0.05) is 346 Å². The Kier molecular flexibility index (Phi) is 19.5. The first-order valence-electron chi connectivity index (χ1n) is 36.1. The topological polar surface area (TPSA) is 146 Å². The summed E-state index contributed by atoms with van der Waals surface area (Å²) in [6.45, 7) is 7.49. The highest BCUT2D eigenvalue weighted by Crippen LogP contribution is 2.38. The van der Waals surface area contributed by atoms with Crippen molar-refractivity contribution in [1.29, 1.82) is 0 Å². The molecule has 19 rings (SSSR count). The highest BCUT2D eigenvalue weighted by Gasteiger charge is 2.18. The molecule has 0 fully saturated rings. The average Bonchev–Trinajstić information content (AvgIpc) is 0.793. The van der Waals surface area contributed by atoms with Gasteiger partial charge in [-0.25, -0.2) is 49.7 Å². The first-order chi connectivity index (χ1) is 54.4. The lowest BCUT2D eigenvalue weighted by atomic mass is 9.96. The van der Waals surface area contributed by atoms with E-state index in [-0.39, 0.29) is 0 Å². The quantitative estimate of drug-likeness (QED) is 0.102. The van der Waals surface area contributed by atoms with Gasteiger partial charge >= 0.3 is 0 Å². The SMILES string of the molecule is [C-]#[N+]c1ccc(-c2ccc(-c3nc(-c4ccccc4)nc(-c4ccccc4)n3)cc2)c2ccccc12.c1ccc(-c2nc(-c3ccc(-c4ccccn4)cc3)nc(-c3cccc(-c4ccc5ccccc5c4)c3)n2)cc1.c1ccc(-c2nc(-c3ccccc3)nc(-c3ccc(-c4cccc5cccnc45)cc3)n2)cc1. The Morgan fingerprint density at radius 3 is 1.00 bits per heavy atom. The van der Waals surface area contributed by atoms with Crippen molar-refractivity contribution >= 4 is 38.1 Å². The Morgan fingerprint density at radius 1 is 0.191 bits per heavy atom. The number of benzene rings is 14. The smallest absolute Gasteiger partial charge is 0.194 e. The third-order valence-corrected chi connectivity index (χ3v) is 18.9. The highest BCUT2D eigenvalue weighted by atomic mass is 15.1. The van der Waals surface area contributed by atoms with E-state index in [9.17, 15) is 0 Å². The van der Waals surface area contributed by atoms with Crippen molar-refractivity contribution in [2.75, 3.05) is 0 Å². The van der Waals surface area contributed by atoms with Crippen LogP contribution in [0.5, 0.6) is 0 Å². The van der Waals surface area contributed by atoms with E-state index in [0.29, 0.717) is 58.1 Å². The molecule has 0 unspecified atom stereocenters. The predicted molar refractivity (Wildman–Crippen MR) is 445 cm³/mol. The Labute approximate surface area is 636 Å². The summed E-state index contributed by atoms with van der Waals surface area (Å²) in [5.41, 5.74) is 18.8. The summed E-state index contributed by atoms with van der Waals surface area (Å²) in [6, 6.07) is 126. The fourth-order valence-electron chi connectivity index (χ4n) is 13.3. The normalized spacial score (nSPS) is 10.9. The molecule has 0 amide bonds. The molecular formula is C98H64N12. The zero-order valence-corrected chi connectivity index (χ0v) is 59.3. The lowest BCUT2D eigenvalue weighted by molar-refractivity contribution is 1.07. The van der Waals surface area contributed by atoms with Crippen LogP contribution in [0.4, 0.5) is 5.69 Å². The largest absolute Gasteiger partial charge is 0.256 e. The number of aromatic nitrogens is 11. The van der Waals surface area contributed by atoms with Crippen molar-refractivity contribution in [3.8, 4) is 147 Å². The van der Waals surface area contributed by atoms with Gasteiger partial charge in [0.05, 0.1) is 17.8 Å². The predicted octanol–water partition coefficient (Wildman–Crippen LogP) is 24.1. The van der Waals surface area contributed by atoms with E-state index in [1.165, 1.54) is 10.8 Å². The van der Waals surface area contributed by atoms with E-state index in [1.807, 2.05) is 237 Å². The van der Waals surface area contributed by atoms with Gasteiger partial charge in [-0.2, -0.15) is 0 Å². The Balaban J connectivity index is 0.000000121. The molecule has 0 atom stereocenters. The van der Waals surface area contributed by atoms with E-state index in [1.54, 1.807) is 6.20 Å². The van der Waals surface area contributed by atoms with E-state index in [0.717, 1.165) is 116 Å². The summed E-state index contributed by atoms with van der Waals surface area (Å²) in [4.78, 5) is 56.3. The molecule has 0 radical (unpaired) electrons. The van der Waals surface area contributed by atoms with Crippen molar-refractivity contribution in [3.05, 3.63) is 400 Å². The lowest BCUT2D eigenvalue weighted by Crippen LogP contribution is -2.00. The van der Waals surface area contributed by atoms with Gasteiger partial charge in [-0.3, -0.25) is 9.97 Å². The minimum absolute atomic E-state index is 0.627. The molecule has 0 spiro atoms. The molecular weight excluding hydrogens is 1350 g/mol. The fraction of sp³-hybridized carbons (Fsp3) is 0. The van der Waals surface area contributed by atoms with Crippen LogP contribution in [0.2, 0.25) is 0 Å². The molecule has 12 nitrogen and oxygen atoms in total. The molecule has 0 saturated heterocycles. The van der Waals surface area contributed by atoms with E-state index in [4.69, 9.17) is 51.4 Å². The van der Waals surface area contributed by atoms with Gasteiger partial charge in [0.1, 0.15) is 0 Å². The van der Waals surface area contributed by atoms with Crippen molar-refractivity contribution in [3.63, 3.8) is 0 Å². The Hall–Kier alpha value is -15.3. The second-order valence-electron chi connectivity index (χ2n) is 26.0. The molecule has 0 aliphatic heterocycles. The molecule has 5 aromatic heterocycles. The van der Waals surface area contributed by atoms with Gasteiger partial charge in [0.2, 0.25) is 0 Å². The number of fused-ring (bicyclic) bond motifs is 3. The number of rotatable bonds is 13. The summed E-state index contributed by atoms with van der Waals surface area (Å²) in [5.74, 6) is 5.79. The number of hydrogen-bond donors (Lipinski definition) is 0. The van der Waals surface area contributed by atoms with Crippen molar-refractivity contribution in [2.45, 2.75) is 0 Å². The standard InChI is InChI=1S/C36H24N4.C32H20N4.C30H20N4/c1-2-10-27(11-3-1)34-38-35(28-19-17-26(18-20-28)33-15-6-7-22-37-33)40-36(39-34)32-14-8-13-30(24-32)31-21-16-25-9-4-5-12-29(25)23-31;1-33-29-21-20-26(27-14-8-9-15-28(27)29)22-16-18-25(19-17-22)32-35-30(23-10-4-2-5-11-23)34-31(36-32)24-12-6-3-7-13-24;1-3-9-23(10-4-1)28-32-29(24-11-5-2-6-12-24)34-30(33-28)25-18-16-21(17-19-25)26-15-7-13-22-14-8-20-31-27(22)26/h1-24H;2-21H;1-20H. The third-order valence-electron chi connectivity index (χ3n) is 18.9. The molecule has 516 valence electrons. The maximum Gasteiger partial charge on any atom is 0.194 e. The molecule has 0 aliphatic carbocycles. The van der Waals surface area contributed by atoms with E-state index >= 15 is 0 Å². The maximum absolute atomic E-state index is 7.49. The van der Waals surface area contributed by atoms with Crippen molar-refractivity contribution in [2.24, 2.45) is 0 Å². The molecule has 12 heteroatoms. The highest BCUT2D eigenvalue weighted by molar-refractivity contribution is 6.04. The molecule has 19 aromatic rings. The van der Waals surface area contributed by atoms with Crippen LogP contribution in [0.15, 0.2) is 389 Å². The second kappa shape index (κ2) is 31.6.